The third-order valence-corrected chi connectivity index (χ3v) is 3.18. The summed E-state index contributed by atoms with van der Waals surface area (Å²) < 4.78 is 18.8. The smallest absolute Gasteiger partial charge is 0.123 e. The van der Waals surface area contributed by atoms with Gasteiger partial charge in [-0.15, -0.1) is 0 Å². The molecule has 1 saturated carbocycles. The van der Waals surface area contributed by atoms with Gasteiger partial charge in [-0.25, -0.2) is 4.39 Å². The van der Waals surface area contributed by atoms with E-state index in [1.165, 1.54) is 0 Å². The number of rotatable bonds is 3. The highest BCUT2D eigenvalue weighted by atomic mass is 19.1. The second-order valence-electron chi connectivity index (χ2n) is 4.27. The van der Waals surface area contributed by atoms with E-state index in [9.17, 15) is 4.39 Å². The van der Waals surface area contributed by atoms with Gasteiger partial charge in [-0.3, -0.25) is 0 Å². The van der Waals surface area contributed by atoms with Gasteiger partial charge in [-0.2, -0.15) is 0 Å². The maximum atomic E-state index is 13.6. The lowest BCUT2D eigenvalue weighted by Crippen LogP contribution is -2.47. The van der Waals surface area contributed by atoms with Crippen LogP contribution in [0.3, 0.4) is 0 Å². The molecule has 0 spiro atoms. The first-order valence-corrected chi connectivity index (χ1v) is 5.29. The normalized spacial score (nSPS) is 28.4. The fourth-order valence-electron chi connectivity index (χ4n) is 1.97. The minimum Gasteiger partial charge on any atom is -0.381 e. The van der Waals surface area contributed by atoms with Crippen LogP contribution in [0.15, 0.2) is 0 Å². The van der Waals surface area contributed by atoms with Crippen molar-refractivity contribution in [3.05, 3.63) is 0 Å². The lowest BCUT2D eigenvalue weighted by atomic mass is 9.82. The Kier molecular flexibility index (Phi) is 2.84. The summed E-state index contributed by atoms with van der Waals surface area (Å²) in [5.74, 6) is 0. The number of hydrogen-bond donors (Lipinski definition) is 1. The molecule has 2 fully saturated rings. The second kappa shape index (κ2) is 3.93. The standard InChI is InChI=1S/C10H18FNO/c11-10(4-1-5-10)8-12-9-2-6-13-7-3-9/h9,12H,1-8H2. The Hall–Kier alpha value is -0.150. The minimum atomic E-state index is -0.877. The average Bonchev–Trinajstić information content (AvgIpc) is 2.13. The number of ether oxygens (including phenoxy) is 1. The van der Waals surface area contributed by atoms with Crippen LogP contribution in [-0.4, -0.2) is 31.5 Å². The van der Waals surface area contributed by atoms with Gasteiger partial charge in [0.05, 0.1) is 0 Å². The summed E-state index contributed by atoms with van der Waals surface area (Å²) in [5, 5.41) is 3.31. The molecule has 0 amide bonds. The monoisotopic (exact) mass is 187 g/mol. The third kappa shape index (κ3) is 2.41. The van der Waals surface area contributed by atoms with Crippen molar-refractivity contribution in [2.45, 2.75) is 43.8 Å². The summed E-state index contributed by atoms with van der Waals surface area (Å²) >= 11 is 0. The highest BCUT2D eigenvalue weighted by Gasteiger charge is 2.37. The van der Waals surface area contributed by atoms with Crippen LogP contribution in [0.2, 0.25) is 0 Å². The van der Waals surface area contributed by atoms with Gasteiger partial charge in [0.15, 0.2) is 0 Å². The van der Waals surface area contributed by atoms with Gasteiger partial charge in [0.1, 0.15) is 5.67 Å². The van der Waals surface area contributed by atoms with Gasteiger partial charge in [-0.05, 0) is 32.1 Å². The zero-order valence-corrected chi connectivity index (χ0v) is 8.02. The molecular formula is C10H18FNO. The number of alkyl halides is 1. The third-order valence-electron chi connectivity index (χ3n) is 3.18. The van der Waals surface area contributed by atoms with Gasteiger partial charge < -0.3 is 10.1 Å². The molecule has 1 N–H and O–H groups in total. The van der Waals surface area contributed by atoms with Crippen molar-refractivity contribution in [1.82, 2.24) is 5.32 Å². The molecule has 1 aliphatic carbocycles. The van der Waals surface area contributed by atoms with Crippen LogP contribution in [0.1, 0.15) is 32.1 Å². The molecule has 2 aliphatic rings. The van der Waals surface area contributed by atoms with E-state index in [4.69, 9.17) is 4.74 Å². The van der Waals surface area contributed by atoms with E-state index in [1.807, 2.05) is 0 Å². The van der Waals surface area contributed by atoms with Gasteiger partial charge in [0.2, 0.25) is 0 Å². The lowest BCUT2D eigenvalue weighted by molar-refractivity contribution is 0.0422. The Bertz CT molecular complexity index is 164. The van der Waals surface area contributed by atoms with Crippen LogP contribution >= 0.6 is 0 Å². The predicted octanol–water partition coefficient (Wildman–Crippen LogP) is 1.65. The summed E-state index contributed by atoms with van der Waals surface area (Å²) in [4.78, 5) is 0. The average molecular weight is 187 g/mol. The van der Waals surface area contributed by atoms with Crippen molar-refractivity contribution in [1.29, 1.82) is 0 Å². The molecular weight excluding hydrogens is 169 g/mol. The van der Waals surface area contributed by atoms with E-state index in [-0.39, 0.29) is 0 Å². The van der Waals surface area contributed by atoms with Gasteiger partial charge in [-0.1, -0.05) is 0 Å². The van der Waals surface area contributed by atoms with E-state index in [2.05, 4.69) is 5.32 Å². The van der Waals surface area contributed by atoms with E-state index >= 15 is 0 Å². The van der Waals surface area contributed by atoms with Crippen LogP contribution in [0.25, 0.3) is 0 Å². The molecule has 0 radical (unpaired) electrons. The largest absolute Gasteiger partial charge is 0.381 e. The van der Waals surface area contributed by atoms with E-state index in [0.717, 1.165) is 45.3 Å². The first kappa shape index (κ1) is 9.41. The van der Waals surface area contributed by atoms with Crippen molar-refractivity contribution in [2.24, 2.45) is 0 Å². The molecule has 0 aromatic rings. The van der Waals surface area contributed by atoms with Crippen LogP contribution in [0.5, 0.6) is 0 Å². The summed E-state index contributed by atoms with van der Waals surface area (Å²) in [7, 11) is 0. The van der Waals surface area contributed by atoms with Crippen molar-refractivity contribution in [3.63, 3.8) is 0 Å². The molecule has 2 rings (SSSR count). The van der Waals surface area contributed by atoms with Crippen molar-refractivity contribution < 1.29 is 9.13 Å². The quantitative estimate of drug-likeness (QED) is 0.725. The molecule has 76 valence electrons. The molecule has 1 aliphatic heterocycles. The molecule has 0 aromatic heterocycles. The Balaban J connectivity index is 1.66. The van der Waals surface area contributed by atoms with Crippen LogP contribution in [-0.2, 0) is 4.74 Å². The van der Waals surface area contributed by atoms with E-state index in [0.29, 0.717) is 12.6 Å². The first-order chi connectivity index (χ1) is 6.29. The Morgan fingerprint density at radius 3 is 2.54 bits per heavy atom. The second-order valence-corrected chi connectivity index (χ2v) is 4.27. The summed E-state index contributed by atoms with van der Waals surface area (Å²) in [6.07, 6.45) is 4.64. The minimum absolute atomic E-state index is 0.488. The molecule has 13 heavy (non-hydrogen) atoms. The first-order valence-electron chi connectivity index (χ1n) is 5.29. The van der Waals surface area contributed by atoms with Gasteiger partial charge in [0, 0.05) is 25.8 Å². The van der Waals surface area contributed by atoms with Crippen LogP contribution in [0, 0.1) is 0 Å². The maximum Gasteiger partial charge on any atom is 0.123 e. The van der Waals surface area contributed by atoms with Crippen molar-refractivity contribution in [3.8, 4) is 0 Å². The number of halogens is 1. The molecule has 0 atom stereocenters. The summed E-state index contributed by atoms with van der Waals surface area (Å²) in [6.45, 7) is 2.21. The highest BCUT2D eigenvalue weighted by molar-refractivity contribution is 4.91. The Morgan fingerprint density at radius 1 is 1.31 bits per heavy atom. The van der Waals surface area contributed by atoms with E-state index < -0.39 is 5.67 Å². The summed E-state index contributed by atoms with van der Waals surface area (Å²) in [6, 6.07) is 0.488. The highest BCUT2D eigenvalue weighted by Crippen LogP contribution is 2.35. The maximum absolute atomic E-state index is 13.6. The zero-order valence-electron chi connectivity index (χ0n) is 8.02. The Morgan fingerprint density at radius 2 is 2.00 bits per heavy atom. The number of hydrogen-bond acceptors (Lipinski definition) is 2. The van der Waals surface area contributed by atoms with Gasteiger partial charge in [0.25, 0.3) is 0 Å². The number of nitrogens with one attached hydrogen (secondary N) is 1. The zero-order chi connectivity index (χ0) is 9.15. The molecule has 1 heterocycles. The lowest BCUT2D eigenvalue weighted by Gasteiger charge is -2.36. The van der Waals surface area contributed by atoms with Gasteiger partial charge >= 0.3 is 0 Å². The SMILES string of the molecule is FC1(CNC2CCOCC2)CCC1. The topological polar surface area (TPSA) is 21.3 Å². The fourth-order valence-corrected chi connectivity index (χ4v) is 1.97. The fraction of sp³-hybridized carbons (Fsp3) is 1.00. The molecule has 0 bridgehead atoms. The van der Waals surface area contributed by atoms with Crippen molar-refractivity contribution in [2.75, 3.05) is 19.8 Å². The van der Waals surface area contributed by atoms with Crippen LogP contribution in [0.4, 0.5) is 4.39 Å². The molecule has 2 nitrogen and oxygen atoms in total. The summed E-state index contributed by atoms with van der Waals surface area (Å²) in [5.41, 5.74) is -0.877. The molecule has 0 aromatic carbocycles. The molecule has 0 unspecified atom stereocenters. The molecule has 1 saturated heterocycles. The van der Waals surface area contributed by atoms with Crippen molar-refractivity contribution >= 4 is 0 Å². The predicted molar refractivity (Wildman–Crippen MR) is 49.5 cm³/mol. The molecule has 3 heteroatoms. The Labute approximate surface area is 78.8 Å². The van der Waals surface area contributed by atoms with E-state index in [1.54, 1.807) is 0 Å². The van der Waals surface area contributed by atoms with Crippen LogP contribution < -0.4 is 5.32 Å².